The molecule has 1 aromatic rings. The number of nitrogens with one attached hydrogen (secondary N) is 1. The van der Waals surface area contributed by atoms with E-state index in [1.54, 1.807) is 32.2 Å². The van der Waals surface area contributed by atoms with Gasteiger partial charge >= 0.3 is 6.03 Å². The average Bonchev–Trinajstić information content (AvgIpc) is 2.86. The van der Waals surface area contributed by atoms with E-state index in [9.17, 15) is 18.0 Å². The molecule has 0 saturated carbocycles. The smallest absolute Gasteiger partial charge is 0.322 e. The molecule has 3 heterocycles. The standard InChI is InChI=1S/C15H24N6O4S/c1-18(2)14(22)13-12(10-19(3)17-13)16-15(23)21-8-11(9-21)20-4-6-26(24,25)7-5-20/h10-11H,4-9H2,1-3H3,(H,16,23). The molecule has 0 spiro atoms. The van der Waals surface area contributed by atoms with Crippen LogP contribution >= 0.6 is 0 Å². The summed E-state index contributed by atoms with van der Waals surface area (Å²) < 4.78 is 24.5. The van der Waals surface area contributed by atoms with Crippen molar-refractivity contribution in [1.29, 1.82) is 0 Å². The Hall–Kier alpha value is -2.14. The number of aromatic nitrogens is 2. The zero-order valence-corrected chi connectivity index (χ0v) is 16.0. The van der Waals surface area contributed by atoms with Crippen molar-refractivity contribution < 1.29 is 18.0 Å². The molecule has 144 valence electrons. The summed E-state index contributed by atoms with van der Waals surface area (Å²) in [6.45, 7) is 2.13. The van der Waals surface area contributed by atoms with Crippen LogP contribution < -0.4 is 5.32 Å². The van der Waals surface area contributed by atoms with Crippen LogP contribution in [0.25, 0.3) is 0 Å². The first-order valence-electron chi connectivity index (χ1n) is 8.42. The van der Waals surface area contributed by atoms with Crippen molar-refractivity contribution in [3.05, 3.63) is 11.9 Å². The van der Waals surface area contributed by atoms with Gasteiger partial charge in [0.05, 0.1) is 17.2 Å². The number of carbonyl (C=O) groups excluding carboxylic acids is 2. The van der Waals surface area contributed by atoms with Crippen LogP contribution in [-0.4, -0.2) is 103 Å². The van der Waals surface area contributed by atoms with Crippen molar-refractivity contribution in [3.8, 4) is 0 Å². The van der Waals surface area contributed by atoms with Gasteiger partial charge < -0.3 is 15.1 Å². The van der Waals surface area contributed by atoms with Crippen LogP contribution in [-0.2, 0) is 16.9 Å². The van der Waals surface area contributed by atoms with Crippen LogP contribution in [0.4, 0.5) is 10.5 Å². The molecule has 26 heavy (non-hydrogen) atoms. The summed E-state index contributed by atoms with van der Waals surface area (Å²) >= 11 is 0. The lowest BCUT2D eigenvalue weighted by Crippen LogP contribution is -2.64. The minimum absolute atomic E-state index is 0.182. The van der Waals surface area contributed by atoms with Crippen molar-refractivity contribution >= 4 is 27.5 Å². The first kappa shape index (κ1) is 18.6. The highest BCUT2D eigenvalue weighted by molar-refractivity contribution is 7.91. The quantitative estimate of drug-likeness (QED) is 0.721. The number of nitrogens with zero attached hydrogens (tertiary/aromatic N) is 5. The van der Waals surface area contributed by atoms with Gasteiger partial charge in [-0.2, -0.15) is 5.10 Å². The Bertz CT molecular complexity index is 798. The van der Waals surface area contributed by atoms with Gasteiger partial charge in [-0.15, -0.1) is 0 Å². The van der Waals surface area contributed by atoms with Gasteiger partial charge in [-0.25, -0.2) is 13.2 Å². The molecule has 1 N–H and O–H groups in total. The predicted octanol–water partition coefficient (Wildman–Crippen LogP) is -0.932. The average molecular weight is 384 g/mol. The molecular weight excluding hydrogens is 360 g/mol. The Morgan fingerprint density at radius 2 is 1.85 bits per heavy atom. The van der Waals surface area contributed by atoms with Gasteiger partial charge in [-0.1, -0.05) is 0 Å². The maximum Gasteiger partial charge on any atom is 0.322 e. The molecule has 2 fully saturated rings. The molecule has 2 aliphatic heterocycles. The lowest BCUT2D eigenvalue weighted by molar-refractivity contribution is 0.0672. The van der Waals surface area contributed by atoms with Gasteiger partial charge in [0.1, 0.15) is 0 Å². The summed E-state index contributed by atoms with van der Waals surface area (Å²) in [6, 6.07) is -0.0975. The van der Waals surface area contributed by atoms with Crippen LogP contribution in [0.1, 0.15) is 10.5 Å². The highest BCUT2D eigenvalue weighted by Gasteiger charge is 2.37. The van der Waals surface area contributed by atoms with E-state index in [-0.39, 0.29) is 35.2 Å². The van der Waals surface area contributed by atoms with E-state index in [1.165, 1.54) is 9.58 Å². The topological polar surface area (TPSA) is 108 Å². The summed E-state index contributed by atoms with van der Waals surface area (Å²) in [5, 5.41) is 6.86. The number of likely N-dealkylation sites (tertiary alicyclic amines) is 1. The van der Waals surface area contributed by atoms with Crippen LogP contribution in [0.3, 0.4) is 0 Å². The number of anilines is 1. The van der Waals surface area contributed by atoms with Crippen molar-refractivity contribution in [2.75, 3.05) is 57.1 Å². The van der Waals surface area contributed by atoms with Gasteiger partial charge in [0.15, 0.2) is 15.5 Å². The highest BCUT2D eigenvalue weighted by Crippen LogP contribution is 2.21. The van der Waals surface area contributed by atoms with Gasteiger partial charge in [0, 0.05) is 59.6 Å². The van der Waals surface area contributed by atoms with Crippen LogP contribution in [0, 0.1) is 0 Å². The first-order chi connectivity index (χ1) is 12.2. The zero-order valence-electron chi connectivity index (χ0n) is 15.2. The van der Waals surface area contributed by atoms with Crippen LogP contribution in [0.15, 0.2) is 6.20 Å². The number of hydrogen-bond acceptors (Lipinski definition) is 6. The Labute approximate surface area is 152 Å². The Kier molecular flexibility index (Phi) is 4.93. The minimum Gasteiger partial charge on any atom is -0.343 e. The molecule has 0 atom stereocenters. The molecule has 0 aromatic carbocycles. The maximum absolute atomic E-state index is 12.4. The second kappa shape index (κ2) is 6.88. The molecule has 0 bridgehead atoms. The third-order valence-electron chi connectivity index (χ3n) is 4.72. The van der Waals surface area contributed by atoms with Crippen molar-refractivity contribution in [2.24, 2.45) is 7.05 Å². The molecule has 0 unspecified atom stereocenters. The van der Waals surface area contributed by atoms with Crippen LogP contribution in [0.2, 0.25) is 0 Å². The summed E-state index contributed by atoms with van der Waals surface area (Å²) in [7, 11) is 2.04. The van der Waals surface area contributed by atoms with Crippen molar-refractivity contribution in [2.45, 2.75) is 6.04 Å². The molecule has 0 radical (unpaired) electrons. The molecule has 1 aromatic heterocycles. The fraction of sp³-hybridized carbons (Fsp3) is 0.667. The third-order valence-corrected chi connectivity index (χ3v) is 6.33. The van der Waals surface area contributed by atoms with E-state index >= 15 is 0 Å². The fourth-order valence-corrected chi connectivity index (χ4v) is 4.32. The molecule has 3 amide bonds. The van der Waals surface area contributed by atoms with E-state index in [4.69, 9.17) is 0 Å². The molecule has 2 saturated heterocycles. The molecule has 2 aliphatic rings. The summed E-state index contributed by atoms with van der Waals surface area (Å²) in [5.41, 5.74) is 0.577. The first-order valence-corrected chi connectivity index (χ1v) is 10.2. The SMILES string of the molecule is CN(C)C(=O)c1nn(C)cc1NC(=O)N1CC(N2CCS(=O)(=O)CC2)C1. The van der Waals surface area contributed by atoms with E-state index in [0.29, 0.717) is 31.9 Å². The highest BCUT2D eigenvalue weighted by atomic mass is 32.2. The molecule has 11 heteroatoms. The lowest BCUT2D eigenvalue weighted by atomic mass is 10.1. The van der Waals surface area contributed by atoms with E-state index in [0.717, 1.165) is 0 Å². The number of urea groups is 1. The fourth-order valence-electron chi connectivity index (χ4n) is 3.09. The van der Waals surface area contributed by atoms with E-state index in [2.05, 4.69) is 15.3 Å². The lowest BCUT2D eigenvalue weighted by Gasteiger charge is -2.46. The number of carbonyl (C=O) groups is 2. The Balaban J connectivity index is 1.56. The predicted molar refractivity (Wildman–Crippen MR) is 95.8 cm³/mol. The molecule has 0 aliphatic carbocycles. The number of aryl methyl sites for hydroxylation is 1. The largest absolute Gasteiger partial charge is 0.343 e. The molecule has 10 nitrogen and oxygen atoms in total. The molecule has 3 rings (SSSR count). The number of hydrogen-bond donors (Lipinski definition) is 1. The van der Waals surface area contributed by atoms with Gasteiger partial charge in [0.2, 0.25) is 0 Å². The number of sulfone groups is 1. The minimum atomic E-state index is -2.90. The van der Waals surface area contributed by atoms with Gasteiger partial charge in [-0.3, -0.25) is 14.4 Å². The molecular formula is C15H24N6O4S. The second-order valence-electron chi connectivity index (χ2n) is 6.94. The summed E-state index contributed by atoms with van der Waals surface area (Å²) in [5.74, 6) is 0.0832. The second-order valence-corrected chi connectivity index (χ2v) is 9.25. The number of amides is 3. The Morgan fingerprint density at radius 1 is 1.23 bits per heavy atom. The summed E-state index contributed by atoms with van der Waals surface area (Å²) in [6.07, 6.45) is 1.60. The van der Waals surface area contributed by atoms with E-state index < -0.39 is 9.84 Å². The normalized spacial score (nSPS) is 20.5. The van der Waals surface area contributed by atoms with Crippen molar-refractivity contribution in [1.82, 2.24) is 24.5 Å². The van der Waals surface area contributed by atoms with Gasteiger partial charge in [-0.05, 0) is 0 Å². The zero-order chi connectivity index (χ0) is 19.1. The van der Waals surface area contributed by atoms with E-state index in [1.807, 2.05) is 0 Å². The van der Waals surface area contributed by atoms with Gasteiger partial charge in [0.25, 0.3) is 5.91 Å². The monoisotopic (exact) mass is 384 g/mol. The number of rotatable bonds is 3. The maximum atomic E-state index is 12.4. The van der Waals surface area contributed by atoms with Crippen molar-refractivity contribution in [3.63, 3.8) is 0 Å². The third kappa shape index (κ3) is 3.83. The summed E-state index contributed by atoms with van der Waals surface area (Å²) in [4.78, 5) is 29.7. The van der Waals surface area contributed by atoms with Crippen LogP contribution in [0.5, 0.6) is 0 Å². The Morgan fingerprint density at radius 3 is 2.42 bits per heavy atom.